The van der Waals surface area contributed by atoms with Gasteiger partial charge >= 0.3 is 0 Å². The summed E-state index contributed by atoms with van der Waals surface area (Å²) < 4.78 is 5.22. The minimum atomic E-state index is -0.422. The van der Waals surface area contributed by atoms with Crippen LogP contribution >= 0.6 is 0 Å². The van der Waals surface area contributed by atoms with Gasteiger partial charge in [0.2, 0.25) is 5.89 Å². The highest BCUT2D eigenvalue weighted by Crippen LogP contribution is 2.51. The highest BCUT2D eigenvalue weighted by atomic mass is 16.5. The number of aliphatic hydroxyl groups is 1. The number of hydrogen-bond acceptors (Lipinski definition) is 6. The summed E-state index contributed by atoms with van der Waals surface area (Å²) in [5.41, 5.74) is 2.40. The lowest BCUT2D eigenvalue weighted by atomic mass is 9.72. The second-order valence-corrected chi connectivity index (χ2v) is 7.26. The fraction of sp³-hybridized carbons (Fsp3) is 0.579. The van der Waals surface area contributed by atoms with Crippen LogP contribution in [0.1, 0.15) is 48.6 Å². The van der Waals surface area contributed by atoms with Gasteiger partial charge in [0.1, 0.15) is 0 Å². The lowest BCUT2D eigenvalue weighted by molar-refractivity contribution is 0.00336. The van der Waals surface area contributed by atoms with E-state index in [2.05, 4.69) is 44.6 Å². The van der Waals surface area contributed by atoms with Gasteiger partial charge in [-0.1, -0.05) is 36.3 Å². The van der Waals surface area contributed by atoms with E-state index in [0.717, 1.165) is 32.4 Å². The first-order valence-corrected chi connectivity index (χ1v) is 9.15. The van der Waals surface area contributed by atoms with E-state index in [1.807, 2.05) is 14.0 Å². The molecule has 1 aromatic heterocycles. The van der Waals surface area contributed by atoms with Crippen LogP contribution < -0.4 is 5.32 Å². The van der Waals surface area contributed by atoms with Crippen molar-refractivity contribution in [1.29, 1.82) is 0 Å². The lowest BCUT2D eigenvalue weighted by Gasteiger charge is -2.40. The van der Waals surface area contributed by atoms with E-state index in [1.165, 1.54) is 11.1 Å². The fourth-order valence-electron chi connectivity index (χ4n) is 4.58. The van der Waals surface area contributed by atoms with E-state index in [4.69, 9.17) is 4.52 Å². The Morgan fingerprint density at radius 2 is 2.08 bits per heavy atom. The van der Waals surface area contributed by atoms with Gasteiger partial charge < -0.3 is 14.9 Å². The number of nitrogens with one attached hydrogen (secondary N) is 1. The van der Waals surface area contributed by atoms with E-state index in [0.29, 0.717) is 18.3 Å². The minimum Gasteiger partial charge on any atom is -0.390 e. The average molecular weight is 342 g/mol. The van der Waals surface area contributed by atoms with E-state index in [1.54, 1.807) is 0 Å². The van der Waals surface area contributed by atoms with Crippen LogP contribution in [0, 0.1) is 0 Å². The van der Waals surface area contributed by atoms with Crippen molar-refractivity contribution in [3.8, 4) is 0 Å². The molecule has 2 N–H and O–H groups in total. The van der Waals surface area contributed by atoms with Crippen molar-refractivity contribution in [2.75, 3.05) is 20.1 Å². The molecule has 25 heavy (non-hydrogen) atoms. The maximum Gasteiger partial charge on any atom is 0.226 e. The van der Waals surface area contributed by atoms with Crippen LogP contribution in [0.5, 0.6) is 0 Å². The molecule has 1 aromatic carbocycles. The highest BCUT2D eigenvalue weighted by molar-refractivity contribution is 5.45. The second kappa shape index (κ2) is 6.52. The van der Waals surface area contributed by atoms with Gasteiger partial charge in [0.15, 0.2) is 5.82 Å². The highest BCUT2D eigenvalue weighted by Gasteiger charge is 2.52. The number of fused-ring (bicyclic) bond motifs is 2. The van der Waals surface area contributed by atoms with Gasteiger partial charge in [-0.3, -0.25) is 4.90 Å². The number of aliphatic hydroxyl groups excluding tert-OH is 1. The van der Waals surface area contributed by atoms with Crippen LogP contribution in [-0.2, 0) is 18.4 Å². The molecule has 0 saturated carbocycles. The van der Waals surface area contributed by atoms with Gasteiger partial charge in [0.05, 0.1) is 18.7 Å². The van der Waals surface area contributed by atoms with Crippen LogP contribution in [0.25, 0.3) is 0 Å². The van der Waals surface area contributed by atoms with Crippen molar-refractivity contribution in [3.63, 3.8) is 0 Å². The SMILES string of the molecule is CCc1nc(CN(C)[C@H]2c3ccccc3C3(CCNCC3)[C@@H]2O)no1. The standard InChI is InChI=1S/C19H26N4O2/c1-3-16-21-15(22-25-16)12-23(2)17-13-6-4-5-7-14(13)19(18(17)24)8-10-20-11-9-19/h4-7,17-18,20,24H,3,8-12H2,1-2H3/t17-,18+/m0/s1. The van der Waals surface area contributed by atoms with Gasteiger partial charge in [-0.15, -0.1) is 0 Å². The predicted octanol–water partition coefficient (Wildman–Crippen LogP) is 1.80. The van der Waals surface area contributed by atoms with Crippen molar-refractivity contribution in [1.82, 2.24) is 20.4 Å². The van der Waals surface area contributed by atoms with Crippen molar-refractivity contribution in [2.24, 2.45) is 0 Å². The van der Waals surface area contributed by atoms with E-state index < -0.39 is 6.10 Å². The number of aromatic nitrogens is 2. The van der Waals surface area contributed by atoms with Crippen molar-refractivity contribution < 1.29 is 9.63 Å². The summed E-state index contributed by atoms with van der Waals surface area (Å²) in [4.78, 5) is 6.57. The van der Waals surface area contributed by atoms with Crippen LogP contribution in [0.15, 0.2) is 28.8 Å². The predicted molar refractivity (Wildman–Crippen MR) is 94.1 cm³/mol. The zero-order valence-electron chi connectivity index (χ0n) is 14.9. The quantitative estimate of drug-likeness (QED) is 0.883. The third kappa shape index (κ3) is 2.69. The minimum absolute atomic E-state index is 0.0436. The largest absolute Gasteiger partial charge is 0.390 e. The zero-order valence-corrected chi connectivity index (χ0v) is 14.9. The smallest absolute Gasteiger partial charge is 0.226 e. The summed E-state index contributed by atoms with van der Waals surface area (Å²) in [6.45, 7) is 4.46. The molecule has 6 heteroatoms. The van der Waals surface area contributed by atoms with E-state index in [9.17, 15) is 5.11 Å². The first-order valence-electron chi connectivity index (χ1n) is 9.15. The third-order valence-corrected chi connectivity index (χ3v) is 5.86. The Balaban J connectivity index is 1.65. The molecule has 6 nitrogen and oxygen atoms in total. The van der Waals surface area contributed by atoms with Crippen LogP contribution in [0.4, 0.5) is 0 Å². The number of hydrogen-bond donors (Lipinski definition) is 2. The third-order valence-electron chi connectivity index (χ3n) is 5.86. The topological polar surface area (TPSA) is 74.4 Å². The molecular weight excluding hydrogens is 316 g/mol. The van der Waals surface area contributed by atoms with Crippen molar-refractivity contribution in [3.05, 3.63) is 47.1 Å². The van der Waals surface area contributed by atoms with E-state index in [-0.39, 0.29) is 11.5 Å². The Hall–Kier alpha value is -1.76. The van der Waals surface area contributed by atoms with Gasteiger partial charge in [0, 0.05) is 11.8 Å². The monoisotopic (exact) mass is 342 g/mol. The Bertz CT molecular complexity index is 739. The molecule has 2 atom stereocenters. The molecule has 1 saturated heterocycles. The summed E-state index contributed by atoms with van der Waals surface area (Å²) in [5.74, 6) is 1.33. The molecule has 0 amide bonds. The molecule has 0 unspecified atom stereocenters. The Kier molecular flexibility index (Phi) is 4.35. The molecule has 1 aliphatic heterocycles. The summed E-state index contributed by atoms with van der Waals surface area (Å²) in [6, 6.07) is 8.46. The Morgan fingerprint density at radius 3 is 2.80 bits per heavy atom. The summed E-state index contributed by atoms with van der Waals surface area (Å²) in [7, 11) is 2.03. The van der Waals surface area contributed by atoms with Gasteiger partial charge in [0.25, 0.3) is 0 Å². The second-order valence-electron chi connectivity index (χ2n) is 7.26. The molecule has 1 fully saturated rings. The Morgan fingerprint density at radius 1 is 1.32 bits per heavy atom. The fourth-order valence-corrected chi connectivity index (χ4v) is 4.58. The van der Waals surface area contributed by atoms with Crippen LogP contribution in [0.3, 0.4) is 0 Å². The van der Waals surface area contributed by atoms with Crippen LogP contribution in [0.2, 0.25) is 0 Å². The summed E-state index contributed by atoms with van der Waals surface area (Å²) in [6.07, 6.45) is 2.26. The average Bonchev–Trinajstić information content (AvgIpc) is 3.18. The molecule has 2 aromatic rings. The molecule has 0 radical (unpaired) electrons. The zero-order chi connectivity index (χ0) is 17.4. The number of piperidine rings is 1. The molecule has 134 valence electrons. The van der Waals surface area contributed by atoms with Gasteiger partial charge in [-0.25, -0.2) is 0 Å². The molecule has 1 spiro atoms. The summed E-state index contributed by atoms with van der Waals surface area (Å²) >= 11 is 0. The number of likely N-dealkylation sites (N-methyl/N-ethyl adjacent to an activating group) is 1. The molecule has 4 rings (SSSR count). The van der Waals surface area contributed by atoms with Crippen molar-refractivity contribution in [2.45, 2.75) is 50.3 Å². The van der Waals surface area contributed by atoms with Gasteiger partial charge in [-0.2, -0.15) is 4.98 Å². The molecule has 2 aliphatic rings. The first-order chi connectivity index (χ1) is 12.2. The number of nitrogens with zero attached hydrogens (tertiary/aromatic N) is 3. The summed E-state index contributed by atoms with van der Waals surface area (Å²) in [5, 5.41) is 18.8. The van der Waals surface area contributed by atoms with Crippen molar-refractivity contribution >= 4 is 0 Å². The molecule has 2 heterocycles. The van der Waals surface area contributed by atoms with Gasteiger partial charge in [-0.05, 0) is 44.1 Å². The van der Waals surface area contributed by atoms with Crippen LogP contribution in [-0.4, -0.2) is 46.4 Å². The molecular formula is C19H26N4O2. The number of benzene rings is 1. The molecule has 1 aliphatic carbocycles. The first kappa shape index (κ1) is 16.7. The van der Waals surface area contributed by atoms with E-state index >= 15 is 0 Å². The number of rotatable bonds is 4. The number of aryl methyl sites for hydroxylation is 1. The molecule has 0 bridgehead atoms. The maximum atomic E-state index is 11.4. The lowest BCUT2D eigenvalue weighted by Crippen LogP contribution is -2.48. The Labute approximate surface area is 148 Å². The maximum absolute atomic E-state index is 11.4. The normalized spacial score (nSPS) is 24.8.